The molecular formula is C12H19NO3. The molecule has 0 aromatic heterocycles. The SMILES string of the molecule is CC1(CCNC(=O)C2CCC2C(=O)O)CC1. The summed E-state index contributed by atoms with van der Waals surface area (Å²) in [5.74, 6) is -1.63. The predicted octanol–water partition coefficient (Wildman–Crippen LogP) is 1.40. The number of carbonyl (C=O) groups is 2. The fourth-order valence-corrected chi connectivity index (χ4v) is 2.19. The highest BCUT2D eigenvalue weighted by Gasteiger charge is 2.41. The van der Waals surface area contributed by atoms with Gasteiger partial charge in [0.25, 0.3) is 0 Å². The smallest absolute Gasteiger partial charge is 0.307 e. The lowest BCUT2D eigenvalue weighted by Crippen LogP contribution is -2.44. The first-order valence-electron chi connectivity index (χ1n) is 6.02. The molecule has 0 bridgehead atoms. The van der Waals surface area contributed by atoms with Crippen molar-refractivity contribution in [2.45, 2.75) is 39.0 Å². The maximum absolute atomic E-state index is 11.7. The van der Waals surface area contributed by atoms with Crippen molar-refractivity contribution in [3.05, 3.63) is 0 Å². The van der Waals surface area contributed by atoms with Crippen LogP contribution >= 0.6 is 0 Å². The van der Waals surface area contributed by atoms with Crippen molar-refractivity contribution in [3.63, 3.8) is 0 Å². The van der Waals surface area contributed by atoms with E-state index >= 15 is 0 Å². The number of carbonyl (C=O) groups excluding carboxylic acids is 1. The third-order valence-corrected chi connectivity index (χ3v) is 4.06. The summed E-state index contributed by atoms with van der Waals surface area (Å²) in [5, 5.41) is 11.7. The number of amides is 1. The van der Waals surface area contributed by atoms with E-state index in [2.05, 4.69) is 12.2 Å². The fourth-order valence-electron chi connectivity index (χ4n) is 2.19. The highest BCUT2D eigenvalue weighted by molar-refractivity contribution is 5.86. The third kappa shape index (κ3) is 2.36. The second-order valence-corrected chi connectivity index (χ2v) is 5.48. The van der Waals surface area contributed by atoms with Gasteiger partial charge in [0.1, 0.15) is 0 Å². The summed E-state index contributed by atoms with van der Waals surface area (Å²) in [6.07, 6.45) is 4.89. The van der Waals surface area contributed by atoms with Crippen molar-refractivity contribution in [2.75, 3.05) is 6.54 Å². The van der Waals surface area contributed by atoms with E-state index < -0.39 is 11.9 Å². The number of carboxylic acids is 1. The topological polar surface area (TPSA) is 66.4 Å². The number of hydrogen-bond donors (Lipinski definition) is 2. The number of nitrogens with one attached hydrogen (secondary N) is 1. The molecule has 0 aromatic rings. The number of aliphatic carboxylic acids is 1. The Morgan fingerprint density at radius 1 is 1.31 bits per heavy atom. The van der Waals surface area contributed by atoms with Gasteiger partial charge in [-0.1, -0.05) is 6.92 Å². The summed E-state index contributed by atoms with van der Waals surface area (Å²) in [6, 6.07) is 0. The van der Waals surface area contributed by atoms with Crippen molar-refractivity contribution in [3.8, 4) is 0 Å². The van der Waals surface area contributed by atoms with Crippen LogP contribution < -0.4 is 5.32 Å². The van der Waals surface area contributed by atoms with Gasteiger partial charge < -0.3 is 10.4 Å². The summed E-state index contributed by atoms with van der Waals surface area (Å²) in [5.41, 5.74) is 0.444. The molecular weight excluding hydrogens is 206 g/mol. The third-order valence-electron chi connectivity index (χ3n) is 4.06. The lowest BCUT2D eigenvalue weighted by molar-refractivity contribution is -0.152. The van der Waals surface area contributed by atoms with Gasteiger partial charge in [0.2, 0.25) is 5.91 Å². The molecule has 0 spiro atoms. The molecule has 2 unspecified atom stereocenters. The molecule has 2 fully saturated rings. The molecule has 0 aromatic carbocycles. The molecule has 2 aliphatic rings. The van der Waals surface area contributed by atoms with Crippen LogP contribution in [0.15, 0.2) is 0 Å². The van der Waals surface area contributed by atoms with Crippen molar-refractivity contribution >= 4 is 11.9 Å². The van der Waals surface area contributed by atoms with Gasteiger partial charge in [-0.2, -0.15) is 0 Å². The van der Waals surface area contributed by atoms with Crippen LogP contribution in [-0.4, -0.2) is 23.5 Å². The molecule has 2 saturated carbocycles. The fraction of sp³-hybridized carbons (Fsp3) is 0.833. The first-order chi connectivity index (χ1) is 7.52. The van der Waals surface area contributed by atoms with E-state index in [1.165, 1.54) is 12.8 Å². The van der Waals surface area contributed by atoms with Crippen LogP contribution in [0.4, 0.5) is 0 Å². The number of hydrogen-bond acceptors (Lipinski definition) is 2. The Morgan fingerprint density at radius 2 is 1.94 bits per heavy atom. The van der Waals surface area contributed by atoms with Gasteiger partial charge in [0.05, 0.1) is 11.8 Å². The molecule has 2 rings (SSSR count). The van der Waals surface area contributed by atoms with Crippen LogP contribution in [0.2, 0.25) is 0 Å². The zero-order chi connectivity index (χ0) is 11.8. The van der Waals surface area contributed by atoms with Gasteiger partial charge in [0.15, 0.2) is 0 Å². The Kier molecular flexibility index (Phi) is 2.91. The lowest BCUT2D eigenvalue weighted by atomic mass is 9.73. The molecule has 0 aliphatic heterocycles. The second-order valence-electron chi connectivity index (χ2n) is 5.48. The van der Waals surface area contributed by atoms with Gasteiger partial charge in [-0.3, -0.25) is 9.59 Å². The minimum Gasteiger partial charge on any atom is -0.481 e. The first-order valence-corrected chi connectivity index (χ1v) is 6.02. The van der Waals surface area contributed by atoms with E-state index in [9.17, 15) is 9.59 Å². The Hall–Kier alpha value is -1.06. The summed E-state index contributed by atoms with van der Waals surface area (Å²) < 4.78 is 0. The van der Waals surface area contributed by atoms with Crippen LogP contribution in [-0.2, 0) is 9.59 Å². The summed E-state index contributed by atoms with van der Waals surface area (Å²) in [7, 11) is 0. The van der Waals surface area contributed by atoms with Crippen LogP contribution in [0.3, 0.4) is 0 Å². The van der Waals surface area contributed by atoms with Gasteiger partial charge >= 0.3 is 5.97 Å². The van der Waals surface area contributed by atoms with Crippen LogP contribution in [0.5, 0.6) is 0 Å². The minimum absolute atomic E-state index is 0.0668. The van der Waals surface area contributed by atoms with Crippen molar-refractivity contribution in [2.24, 2.45) is 17.3 Å². The zero-order valence-electron chi connectivity index (χ0n) is 9.66. The first kappa shape index (κ1) is 11.4. The molecule has 0 saturated heterocycles. The van der Waals surface area contributed by atoms with Gasteiger partial charge in [0, 0.05) is 6.54 Å². The minimum atomic E-state index is -0.833. The van der Waals surface area contributed by atoms with Crippen LogP contribution in [0.1, 0.15) is 39.0 Å². The Morgan fingerprint density at radius 3 is 2.38 bits per heavy atom. The molecule has 4 nitrogen and oxygen atoms in total. The lowest BCUT2D eigenvalue weighted by Gasteiger charge is -2.32. The largest absolute Gasteiger partial charge is 0.481 e. The highest BCUT2D eigenvalue weighted by Crippen LogP contribution is 2.47. The Labute approximate surface area is 95.4 Å². The van der Waals surface area contributed by atoms with E-state index in [-0.39, 0.29) is 11.8 Å². The highest BCUT2D eigenvalue weighted by atomic mass is 16.4. The molecule has 0 heterocycles. The molecule has 90 valence electrons. The molecule has 2 N–H and O–H groups in total. The molecule has 2 atom stereocenters. The number of rotatable bonds is 5. The summed E-state index contributed by atoms with van der Waals surface area (Å²) in [4.78, 5) is 22.4. The number of carboxylic acid groups (broad SMARTS) is 1. The summed E-state index contributed by atoms with van der Waals surface area (Å²) in [6.45, 7) is 2.92. The molecule has 4 heteroatoms. The van der Waals surface area contributed by atoms with Crippen molar-refractivity contribution < 1.29 is 14.7 Å². The van der Waals surface area contributed by atoms with Gasteiger partial charge in [-0.25, -0.2) is 0 Å². The molecule has 0 radical (unpaired) electrons. The average Bonchev–Trinajstić information content (AvgIpc) is 2.80. The maximum atomic E-state index is 11.7. The van der Waals surface area contributed by atoms with E-state index in [0.29, 0.717) is 18.4 Å². The zero-order valence-corrected chi connectivity index (χ0v) is 9.66. The van der Waals surface area contributed by atoms with Crippen molar-refractivity contribution in [1.82, 2.24) is 5.32 Å². The monoisotopic (exact) mass is 225 g/mol. The van der Waals surface area contributed by atoms with Crippen molar-refractivity contribution in [1.29, 1.82) is 0 Å². The summed E-state index contributed by atoms with van der Waals surface area (Å²) >= 11 is 0. The van der Waals surface area contributed by atoms with Crippen LogP contribution in [0.25, 0.3) is 0 Å². The van der Waals surface area contributed by atoms with Gasteiger partial charge in [-0.15, -0.1) is 0 Å². The normalized spacial score (nSPS) is 30.3. The molecule has 1 amide bonds. The average molecular weight is 225 g/mol. The maximum Gasteiger partial charge on any atom is 0.307 e. The van der Waals surface area contributed by atoms with Gasteiger partial charge in [-0.05, 0) is 37.5 Å². The van der Waals surface area contributed by atoms with E-state index in [0.717, 1.165) is 12.8 Å². The van der Waals surface area contributed by atoms with Crippen LogP contribution in [0, 0.1) is 17.3 Å². The Balaban J connectivity index is 1.69. The Bertz CT molecular complexity index is 309. The molecule has 2 aliphatic carbocycles. The van der Waals surface area contributed by atoms with E-state index in [1.54, 1.807) is 0 Å². The molecule has 16 heavy (non-hydrogen) atoms. The van der Waals surface area contributed by atoms with E-state index in [4.69, 9.17) is 5.11 Å². The predicted molar refractivity (Wildman–Crippen MR) is 58.8 cm³/mol. The van der Waals surface area contributed by atoms with E-state index in [1.807, 2.05) is 0 Å². The second kappa shape index (κ2) is 4.07. The standard InChI is InChI=1S/C12H19NO3/c1-12(4-5-12)6-7-13-10(14)8-2-3-9(8)11(15)16/h8-9H,2-7H2,1H3,(H,13,14)(H,15,16). The quantitative estimate of drug-likeness (QED) is 0.743.